The van der Waals surface area contributed by atoms with E-state index in [2.05, 4.69) is 15.0 Å². The standard InChI is InChI=1S/C19H19N5O2S/c1-12-6-5-7-15-18(12)17(10-23(15)4)27(25,26)16-8-20-19(22-14(16)3)24-9-13(2)21-11-24/h5-11H,1-4H3. The Kier molecular flexibility index (Phi) is 3.88. The van der Waals surface area contributed by atoms with E-state index in [0.29, 0.717) is 11.6 Å². The topological polar surface area (TPSA) is 82.7 Å². The first kappa shape index (κ1) is 17.4. The second kappa shape index (κ2) is 6.02. The number of sulfone groups is 1. The van der Waals surface area contributed by atoms with Crippen molar-refractivity contribution in [2.24, 2.45) is 7.05 Å². The summed E-state index contributed by atoms with van der Waals surface area (Å²) in [4.78, 5) is 13.2. The number of hydrogen-bond acceptors (Lipinski definition) is 5. The highest BCUT2D eigenvalue weighted by atomic mass is 32.2. The summed E-state index contributed by atoms with van der Waals surface area (Å²) < 4.78 is 30.2. The van der Waals surface area contributed by atoms with Gasteiger partial charge in [-0.3, -0.25) is 4.57 Å². The molecule has 0 aliphatic heterocycles. The van der Waals surface area contributed by atoms with Crippen LogP contribution in [0.2, 0.25) is 0 Å². The average Bonchev–Trinajstić information content (AvgIpc) is 3.20. The zero-order valence-electron chi connectivity index (χ0n) is 15.5. The third kappa shape index (κ3) is 2.73. The first-order valence-corrected chi connectivity index (χ1v) is 9.91. The number of benzene rings is 1. The molecule has 0 radical (unpaired) electrons. The maximum atomic E-state index is 13.4. The molecule has 3 aromatic heterocycles. The van der Waals surface area contributed by atoms with Gasteiger partial charge in [0.1, 0.15) is 11.2 Å². The van der Waals surface area contributed by atoms with Crippen molar-refractivity contribution in [3.8, 4) is 5.95 Å². The van der Waals surface area contributed by atoms with Gasteiger partial charge < -0.3 is 4.57 Å². The van der Waals surface area contributed by atoms with Gasteiger partial charge in [-0.05, 0) is 32.4 Å². The molecule has 0 aliphatic carbocycles. The molecule has 138 valence electrons. The van der Waals surface area contributed by atoms with Crippen LogP contribution >= 0.6 is 0 Å². The molecule has 4 rings (SSSR count). The van der Waals surface area contributed by atoms with Crippen LogP contribution in [0.25, 0.3) is 16.9 Å². The van der Waals surface area contributed by atoms with E-state index in [4.69, 9.17) is 0 Å². The van der Waals surface area contributed by atoms with Gasteiger partial charge in [-0.2, -0.15) is 0 Å². The molecule has 4 aromatic rings. The summed E-state index contributed by atoms with van der Waals surface area (Å²) >= 11 is 0. The number of hydrogen-bond donors (Lipinski definition) is 0. The lowest BCUT2D eigenvalue weighted by Gasteiger charge is -2.08. The van der Waals surface area contributed by atoms with Crippen molar-refractivity contribution in [2.75, 3.05) is 0 Å². The van der Waals surface area contributed by atoms with E-state index in [-0.39, 0.29) is 9.79 Å². The van der Waals surface area contributed by atoms with Crippen molar-refractivity contribution >= 4 is 20.7 Å². The van der Waals surface area contributed by atoms with Crippen LogP contribution in [0, 0.1) is 20.8 Å². The van der Waals surface area contributed by atoms with Crippen molar-refractivity contribution in [1.82, 2.24) is 24.1 Å². The highest BCUT2D eigenvalue weighted by Gasteiger charge is 2.26. The normalized spacial score (nSPS) is 12.0. The lowest BCUT2D eigenvalue weighted by atomic mass is 10.1. The fourth-order valence-electron chi connectivity index (χ4n) is 3.26. The second-order valence-electron chi connectivity index (χ2n) is 6.62. The molecule has 0 fully saturated rings. The zero-order chi connectivity index (χ0) is 19.3. The molecule has 1 aromatic carbocycles. The van der Waals surface area contributed by atoms with E-state index >= 15 is 0 Å². The highest BCUT2D eigenvalue weighted by Crippen LogP contribution is 2.32. The summed E-state index contributed by atoms with van der Waals surface area (Å²) in [6, 6.07) is 5.74. The first-order chi connectivity index (χ1) is 12.8. The first-order valence-electron chi connectivity index (χ1n) is 8.43. The molecule has 7 nitrogen and oxygen atoms in total. The molecule has 3 heterocycles. The molecule has 0 saturated carbocycles. The van der Waals surface area contributed by atoms with E-state index in [1.807, 2.05) is 43.7 Å². The number of imidazole rings is 1. The van der Waals surface area contributed by atoms with Gasteiger partial charge in [0, 0.05) is 30.3 Å². The molecular weight excluding hydrogens is 362 g/mol. The Labute approximate surface area is 157 Å². The number of aromatic nitrogens is 5. The summed E-state index contributed by atoms with van der Waals surface area (Å²) in [5.41, 5.74) is 3.02. The number of fused-ring (bicyclic) bond motifs is 1. The lowest BCUT2D eigenvalue weighted by Crippen LogP contribution is -2.09. The predicted molar refractivity (Wildman–Crippen MR) is 102 cm³/mol. The van der Waals surface area contributed by atoms with Gasteiger partial charge in [-0.15, -0.1) is 0 Å². The Balaban J connectivity index is 1.88. The lowest BCUT2D eigenvalue weighted by molar-refractivity contribution is 0.594. The SMILES string of the molecule is Cc1cn(-c2ncc(S(=O)(=O)c3cn(C)c4cccc(C)c34)c(C)n2)cn1. The third-order valence-electron chi connectivity index (χ3n) is 4.63. The molecule has 0 unspecified atom stereocenters. The molecule has 27 heavy (non-hydrogen) atoms. The molecule has 8 heteroatoms. The highest BCUT2D eigenvalue weighted by molar-refractivity contribution is 7.91. The zero-order valence-corrected chi connectivity index (χ0v) is 16.3. The van der Waals surface area contributed by atoms with Crippen LogP contribution in [-0.2, 0) is 16.9 Å². The monoisotopic (exact) mass is 381 g/mol. The Hall–Kier alpha value is -3.00. The van der Waals surface area contributed by atoms with Crippen LogP contribution in [0.3, 0.4) is 0 Å². The quantitative estimate of drug-likeness (QED) is 0.545. The van der Waals surface area contributed by atoms with Gasteiger partial charge in [0.05, 0.1) is 22.5 Å². The number of rotatable bonds is 3. The molecule has 0 spiro atoms. The minimum absolute atomic E-state index is 0.110. The van der Waals surface area contributed by atoms with Crippen molar-refractivity contribution in [2.45, 2.75) is 30.6 Å². The van der Waals surface area contributed by atoms with Gasteiger partial charge >= 0.3 is 0 Å². The Morgan fingerprint density at radius 1 is 1.00 bits per heavy atom. The minimum atomic E-state index is -3.76. The molecule has 0 bridgehead atoms. The van der Waals surface area contributed by atoms with E-state index in [0.717, 1.165) is 22.2 Å². The largest absolute Gasteiger partial charge is 0.349 e. The molecule has 0 amide bonds. The van der Waals surface area contributed by atoms with Crippen molar-refractivity contribution in [3.05, 3.63) is 60.1 Å². The summed E-state index contributed by atoms with van der Waals surface area (Å²) in [5, 5.41) is 0.730. The predicted octanol–water partition coefficient (Wildman–Crippen LogP) is 2.91. The van der Waals surface area contributed by atoms with Crippen LogP contribution in [0.4, 0.5) is 0 Å². The van der Waals surface area contributed by atoms with Gasteiger partial charge in [-0.25, -0.2) is 23.4 Å². The van der Waals surface area contributed by atoms with E-state index in [9.17, 15) is 8.42 Å². The van der Waals surface area contributed by atoms with Gasteiger partial charge in [0.2, 0.25) is 15.8 Å². The Bertz CT molecular complexity index is 1280. The molecule has 0 N–H and O–H groups in total. The summed E-state index contributed by atoms with van der Waals surface area (Å²) in [5.74, 6) is 0.390. The van der Waals surface area contributed by atoms with Crippen molar-refractivity contribution in [3.63, 3.8) is 0 Å². The molecule has 0 aliphatic rings. The van der Waals surface area contributed by atoms with Crippen LogP contribution in [0.15, 0.2) is 52.9 Å². The van der Waals surface area contributed by atoms with Crippen molar-refractivity contribution in [1.29, 1.82) is 0 Å². The van der Waals surface area contributed by atoms with E-state index < -0.39 is 9.84 Å². The van der Waals surface area contributed by atoms with E-state index in [1.54, 1.807) is 30.2 Å². The third-order valence-corrected chi connectivity index (χ3v) is 6.50. The fraction of sp³-hybridized carbons (Fsp3) is 0.211. The molecular formula is C19H19N5O2S. The summed E-state index contributed by atoms with van der Waals surface area (Å²) in [6.45, 7) is 5.46. The van der Waals surface area contributed by atoms with Crippen LogP contribution in [0.1, 0.15) is 17.0 Å². The van der Waals surface area contributed by atoms with Gasteiger partial charge in [0.15, 0.2) is 0 Å². The summed E-state index contributed by atoms with van der Waals surface area (Å²) in [7, 11) is -1.92. The summed E-state index contributed by atoms with van der Waals surface area (Å²) in [6.07, 6.45) is 6.42. The molecule has 0 atom stereocenters. The maximum Gasteiger partial charge on any atom is 0.235 e. The van der Waals surface area contributed by atoms with Crippen molar-refractivity contribution < 1.29 is 8.42 Å². The van der Waals surface area contributed by atoms with Gasteiger partial charge in [-0.1, -0.05) is 12.1 Å². The second-order valence-corrected chi connectivity index (χ2v) is 8.51. The van der Waals surface area contributed by atoms with Crippen LogP contribution in [0.5, 0.6) is 0 Å². The van der Waals surface area contributed by atoms with Crippen LogP contribution < -0.4 is 0 Å². The van der Waals surface area contributed by atoms with E-state index in [1.165, 1.54) is 6.20 Å². The average molecular weight is 381 g/mol. The van der Waals surface area contributed by atoms with Gasteiger partial charge in [0.25, 0.3) is 0 Å². The Morgan fingerprint density at radius 2 is 1.78 bits per heavy atom. The minimum Gasteiger partial charge on any atom is -0.349 e. The number of nitrogens with zero attached hydrogens (tertiary/aromatic N) is 5. The fourth-order valence-corrected chi connectivity index (χ4v) is 4.96. The Morgan fingerprint density at radius 3 is 2.44 bits per heavy atom. The maximum absolute atomic E-state index is 13.4. The molecule has 0 saturated heterocycles. The number of aryl methyl sites for hydroxylation is 4. The van der Waals surface area contributed by atoms with Crippen LogP contribution in [-0.4, -0.2) is 32.5 Å². The smallest absolute Gasteiger partial charge is 0.235 e.